The van der Waals surface area contributed by atoms with Crippen LogP contribution >= 0.6 is 0 Å². The number of halogens is 16. The van der Waals surface area contributed by atoms with E-state index in [1.54, 1.807) is 0 Å². The zero-order chi connectivity index (χ0) is 26.2. The molecule has 0 saturated heterocycles. The van der Waals surface area contributed by atoms with Crippen molar-refractivity contribution in [3.8, 4) is 0 Å². The van der Waals surface area contributed by atoms with E-state index in [1.165, 1.54) is 6.92 Å². The smallest absolute Gasteiger partial charge is 0.434 e. The molecule has 192 valence electrons. The van der Waals surface area contributed by atoms with Gasteiger partial charge in [0.1, 0.15) is 0 Å². The van der Waals surface area contributed by atoms with Crippen molar-refractivity contribution in [3.63, 3.8) is 0 Å². The summed E-state index contributed by atoms with van der Waals surface area (Å²) >= 11 is 0. The Morgan fingerprint density at radius 3 is 1.41 bits per heavy atom. The van der Waals surface area contributed by atoms with Crippen molar-refractivity contribution in [2.75, 3.05) is 13.2 Å². The summed E-state index contributed by atoms with van der Waals surface area (Å²) in [5.41, 5.74) is 0. The number of hydrogen-bond donors (Lipinski definition) is 0. The lowest BCUT2D eigenvalue weighted by molar-refractivity contribution is -0.447. The highest BCUT2D eigenvalue weighted by Crippen LogP contribution is 2.62. The summed E-state index contributed by atoms with van der Waals surface area (Å²) < 4.78 is 216. The lowest BCUT2D eigenvalue weighted by Gasteiger charge is -2.42. The molecule has 0 fully saturated rings. The van der Waals surface area contributed by atoms with Crippen LogP contribution in [0.15, 0.2) is 0 Å². The van der Waals surface area contributed by atoms with Crippen molar-refractivity contribution >= 4 is 6.16 Å². The summed E-state index contributed by atoms with van der Waals surface area (Å²) in [4.78, 5) is 10.8. The van der Waals surface area contributed by atoms with E-state index in [0.29, 0.717) is 0 Å². The molecule has 0 rings (SSSR count). The quantitative estimate of drug-likeness (QED) is 0.239. The van der Waals surface area contributed by atoms with Crippen LogP contribution in [0.4, 0.5) is 75.0 Å². The van der Waals surface area contributed by atoms with Gasteiger partial charge in [-0.3, -0.25) is 0 Å². The van der Waals surface area contributed by atoms with Crippen LogP contribution in [0.2, 0.25) is 0 Å². The van der Waals surface area contributed by atoms with Crippen LogP contribution in [0.1, 0.15) is 13.3 Å². The van der Waals surface area contributed by atoms with Gasteiger partial charge in [-0.05, 0) is 6.42 Å². The molecule has 0 amide bonds. The van der Waals surface area contributed by atoms with E-state index in [4.69, 9.17) is 0 Å². The number of carbonyl (C=O) groups is 1. The zero-order valence-corrected chi connectivity index (χ0v) is 15.0. The van der Waals surface area contributed by atoms with Crippen molar-refractivity contribution in [2.24, 2.45) is 0 Å². The Balaban J connectivity index is 6.24. The molecule has 0 aromatic carbocycles. The van der Waals surface area contributed by atoms with Gasteiger partial charge in [0.15, 0.2) is 6.61 Å². The van der Waals surface area contributed by atoms with Crippen LogP contribution in [0, 0.1) is 0 Å². The molecule has 0 bridgehead atoms. The number of ether oxygens (including phenoxy) is 2. The van der Waals surface area contributed by atoms with Crippen molar-refractivity contribution in [1.82, 2.24) is 0 Å². The lowest BCUT2D eigenvalue weighted by atomic mass is 9.89. The van der Waals surface area contributed by atoms with Gasteiger partial charge in [0.2, 0.25) is 0 Å². The van der Waals surface area contributed by atoms with E-state index in [0.717, 1.165) is 0 Å². The highest BCUT2D eigenvalue weighted by atomic mass is 19.4. The summed E-state index contributed by atoms with van der Waals surface area (Å²) in [5.74, 6) is -55.4. The van der Waals surface area contributed by atoms with Crippen molar-refractivity contribution in [2.45, 2.75) is 61.2 Å². The van der Waals surface area contributed by atoms with Crippen LogP contribution in [0.3, 0.4) is 0 Å². The number of rotatable bonds is 11. The van der Waals surface area contributed by atoms with Gasteiger partial charge in [0.05, 0.1) is 6.61 Å². The minimum absolute atomic E-state index is 0.0293. The Morgan fingerprint density at radius 1 is 0.656 bits per heavy atom. The molecule has 3 nitrogen and oxygen atoms in total. The third-order valence-electron chi connectivity index (χ3n) is 3.52. The van der Waals surface area contributed by atoms with E-state index < -0.39 is 67.3 Å². The molecular weight excluding hydrogens is 508 g/mol. The molecule has 0 aliphatic rings. The molecule has 0 aliphatic carbocycles. The Hall–Kier alpha value is -1.85. The van der Waals surface area contributed by atoms with Gasteiger partial charge in [-0.2, -0.15) is 61.5 Å². The van der Waals surface area contributed by atoms with E-state index in [9.17, 15) is 75.0 Å². The summed E-state index contributed by atoms with van der Waals surface area (Å²) in [5, 5.41) is 0. The number of carbonyl (C=O) groups excluding carboxylic acids is 1. The third-order valence-corrected chi connectivity index (χ3v) is 3.52. The van der Waals surface area contributed by atoms with E-state index in [-0.39, 0.29) is 6.42 Å². The van der Waals surface area contributed by atoms with Crippen LogP contribution in [0.5, 0.6) is 0 Å². The second kappa shape index (κ2) is 8.83. The molecule has 0 radical (unpaired) electrons. The average Bonchev–Trinajstić information content (AvgIpc) is 2.63. The maximum atomic E-state index is 13.4. The highest BCUT2D eigenvalue weighted by Gasteiger charge is 2.93. The number of hydrogen-bond acceptors (Lipinski definition) is 3. The van der Waals surface area contributed by atoms with E-state index in [2.05, 4.69) is 9.47 Å². The molecule has 0 unspecified atom stereocenters. The second-order valence-corrected chi connectivity index (χ2v) is 5.89. The molecule has 0 aromatic rings. The minimum atomic E-state index is -8.49. The van der Waals surface area contributed by atoms with Gasteiger partial charge >= 0.3 is 54.0 Å². The van der Waals surface area contributed by atoms with Gasteiger partial charge in [-0.15, -0.1) is 0 Å². The molecule has 0 aromatic heterocycles. The standard InChI is InChI=1S/C13H10F16O3/c1-2-3-31-6(30)32-4-7(16,17)9(20,21)11(24,25)13(28,29)12(26,27)10(22,23)8(18,19)5(14)15/h5H,2-4H2,1H3. The molecule has 19 heteroatoms. The molecule has 0 spiro atoms. The molecule has 0 heterocycles. The van der Waals surface area contributed by atoms with E-state index in [1.807, 2.05) is 0 Å². The number of alkyl halides is 16. The molecule has 0 saturated carbocycles. The van der Waals surface area contributed by atoms with E-state index >= 15 is 0 Å². The highest BCUT2D eigenvalue weighted by molar-refractivity contribution is 5.59. The van der Waals surface area contributed by atoms with Crippen molar-refractivity contribution < 1.29 is 84.5 Å². The first-order chi connectivity index (χ1) is 13.9. The van der Waals surface area contributed by atoms with Crippen molar-refractivity contribution in [1.29, 1.82) is 0 Å². The molecule has 32 heavy (non-hydrogen) atoms. The first-order valence-electron chi connectivity index (χ1n) is 7.62. The SMILES string of the molecule is CCCOC(=O)OCC(F)(F)C(F)(F)C(F)(F)C(F)(F)C(F)(F)C(F)(F)C(F)(F)C(F)F. The molecule has 0 aliphatic heterocycles. The topological polar surface area (TPSA) is 35.5 Å². The molecule has 0 N–H and O–H groups in total. The summed E-state index contributed by atoms with van der Waals surface area (Å²) in [7, 11) is 0. The summed E-state index contributed by atoms with van der Waals surface area (Å²) in [6, 6.07) is 0. The Bertz CT molecular complexity index is 660. The van der Waals surface area contributed by atoms with Gasteiger partial charge < -0.3 is 9.47 Å². The fourth-order valence-electron chi connectivity index (χ4n) is 1.63. The summed E-state index contributed by atoms with van der Waals surface area (Å²) in [6.45, 7) is -2.58. The Kier molecular flexibility index (Phi) is 8.32. The maximum Gasteiger partial charge on any atom is 0.508 e. The largest absolute Gasteiger partial charge is 0.508 e. The fourth-order valence-corrected chi connectivity index (χ4v) is 1.63. The van der Waals surface area contributed by atoms with Gasteiger partial charge in [-0.25, -0.2) is 13.6 Å². The van der Waals surface area contributed by atoms with Crippen LogP contribution in [-0.4, -0.2) is 67.3 Å². The van der Waals surface area contributed by atoms with Gasteiger partial charge in [0.25, 0.3) is 0 Å². The fraction of sp³-hybridized carbons (Fsp3) is 0.923. The first-order valence-corrected chi connectivity index (χ1v) is 7.62. The second-order valence-electron chi connectivity index (χ2n) is 5.89. The van der Waals surface area contributed by atoms with Gasteiger partial charge in [-0.1, -0.05) is 6.92 Å². The predicted octanol–water partition coefficient (Wildman–Crippen LogP) is 6.26. The molecule has 0 atom stereocenters. The van der Waals surface area contributed by atoms with Gasteiger partial charge in [0, 0.05) is 0 Å². The average molecular weight is 518 g/mol. The Morgan fingerprint density at radius 2 is 1.03 bits per heavy atom. The molecular formula is C13H10F16O3. The predicted molar refractivity (Wildman–Crippen MR) is 68.2 cm³/mol. The zero-order valence-electron chi connectivity index (χ0n) is 15.0. The van der Waals surface area contributed by atoms with Crippen molar-refractivity contribution in [3.05, 3.63) is 0 Å². The monoisotopic (exact) mass is 518 g/mol. The third kappa shape index (κ3) is 4.47. The first kappa shape index (κ1) is 30.1. The van der Waals surface area contributed by atoms with Crippen LogP contribution in [-0.2, 0) is 9.47 Å². The lowest BCUT2D eigenvalue weighted by Crippen LogP contribution is -2.74. The normalized spacial score (nSPS) is 15.2. The summed E-state index contributed by atoms with van der Waals surface area (Å²) in [6.07, 6.45) is -8.19. The van der Waals surface area contributed by atoms with Crippen LogP contribution in [0.25, 0.3) is 0 Å². The minimum Gasteiger partial charge on any atom is -0.434 e. The Labute approximate surface area is 166 Å². The van der Waals surface area contributed by atoms with Crippen LogP contribution < -0.4 is 0 Å². The maximum absolute atomic E-state index is 13.4.